The van der Waals surface area contributed by atoms with Crippen molar-refractivity contribution in [1.29, 1.82) is 0 Å². The molecule has 1 aromatic carbocycles. The molecule has 1 heterocycles. The maximum absolute atomic E-state index is 5.90. The first kappa shape index (κ1) is 14.9. The zero-order chi connectivity index (χ0) is 14.4. The van der Waals surface area contributed by atoms with Gasteiger partial charge in [0.15, 0.2) is 0 Å². The number of rotatable bonds is 7. The standard InChI is InChI=1S/C17H23NOS/c1-4-14(17-10-7-11-20-17)18-15-8-5-6-9-16(15)19-12-13(2)3/h5-11,13-14,18H,4,12H2,1-3H3. The number of anilines is 1. The number of benzene rings is 1. The Morgan fingerprint density at radius 1 is 1.15 bits per heavy atom. The van der Waals surface area contributed by atoms with E-state index >= 15 is 0 Å². The Morgan fingerprint density at radius 3 is 2.60 bits per heavy atom. The van der Waals surface area contributed by atoms with Gasteiger partial charge in [0.2, 0.25) is 0 Å². The summed E-state index contributed by atoms with van der Waals surface area (Å²) in [6.07, 6.45) is 1.05. The Balaban J connectivity index is 2.11. The van der Waals surface area contributed by atoms with E-state index in [2.05, 4.69) is 49.7 Å². The minimum atomic E-state index is 0.346. The minimum Gasteiger partial charge on any atom is -0.491 e. The van der Waals surface area contributed by atoms with Crippen molar-refractivity contribution >= 4 is 17.0 Å². The fraction of sp³-hybridized carbons (Fsp3) is 0.412. The summed E-state index contributed by atoms with van der Waals surface area (Å²) in [5, 5.41) is 5.73. The molecule has 1 aromatic heterocycles. The molecule has 2 rings (SSSR count). The van der Waals surface area contributed by atoms with Crippen molar-refractivity contribution in [3.05, 3.63) is 46.7 Å². The van der Waals surface area contributed by atoms with Gasteiger partial charge in [-0.15, -0.1) is 11.3 Å². The molecule has 3 heteroatoms. The molecule has 2 aromatic rings. The topological polar surface area (TPSA) is 21.3 Å². The highest BCUT2D eigenvalue weighted by Gasteiger charge is 2.12. The lowest BCUT2D eigenvalue weighted by Gasteiger charge is -2.20. The van der Waals surface area contributed by atoms with Gasteiger partial charge in [-0.1, -0.05) is 39.0 Å². The third-order valence-electron chi connectivity index (χ3n) is 3.08. The first-order valence-corrected chi connectivity index (χ1v) is 8.10. The maximum atomic E-state index is 5.90. The summed E-state index contributed by atoms with van der Waals surface area (Å²) in [6.45, 7) is 7.27. The van der Waals surface area contributed by atoms with E-state index in [9.17, 15) is 0 Å². The fourth-order valence-corrected chi connectivity index (χ4v) is 2.88. The van der Waals surface area contributed by atoms with Gasteiger partial charge in [0.05, 0.1) is 18.3 Å². The molecule has 0 saturated carbocycles. The molecule has 2 nitrogen and oxygen atoms in total. The van der Waals surface area contributed by atoms with Crippen molar-refractivity contribution < 1.29 is 4.74 Å². The predicted octanol–water partition coefficient (Wildman–Crippen LogP) is 5.35. The van der Waals surface area contributed by atoms with Crippen LogP contribution < -0.4 is 10.1 Å². The van der Waals surface area contributed by atoms with Crippen molar-refractivity contribution in [3.8, 4) is 5.75 Å². The number of hydrogen-bond donors (Lipinski definition) is 1. The van der Waals surface area contributed by atoms with Crippen LogP contribution in [0.15, 0.2) is 41.8 Å². The van der Waals surface area contributed by atoms with Crippen LogP contribution in [0, 0.1) is 5.92 Å². The molecule has 0 amide bonds. The first-order valence-electron chi connectivity index (χ1n) is 7.22. The second kappa shape index (κ2) is 7.34. The lowest BCUT2D eigenvalue weighted by atomic mass is 10.1. The largest absolute Gasteiger partial charge is 0.491 e. The molecular weight excluding hydrogens is 266 g/mol. The molecule has 0 aliphatic carbocycles. The number of ether oxygens (including phenoxy) is 1. The van der Waals surface area contributed by atoms with Crippen LogP contribution in [0.3, 0.4) is 0 Å². The van der Waals surface area contributed by atoms with Gasteiger partial charge in [-0.25, -0.2) is 0 Å². The van der Waals surface area contributed by atoms with Gasteiger partial charge in [-0.2, -0.15) is 0 Å². The molecule has 1 N–H and O–H groups in total. The van der Waals surface area contributed by atoms with E-state index in [1.54, 1.807) is 11.3 Å². The summed E-state index contributed by atoms with van der Waals surface area (Å²) in [6, 6.07) is 12.8. The summed E-state index contributed by atoms with van der Waals surface area (Å²) in [5.74, 6) is 1.47. The lowest BCUT2D eigenvalue weighted by Crippen LogP contribution is -2.11. The Hall–Kier alpha value is -1.48. The smallest absolute Gasteiger partial charge is 0.142 e. The monoisotopic (exact) mass is 289 g/mol. The van der Waals surface area contributed by atoms with E-state index in [0.29, 0.717) is 12.0 Å². The Labute approximate surface area is 125 Å². The van der Waals surface area contributed by atoms with E-state index in [-0.39, 0.29) is 0 Å². The number of nitrogens with one attached hydrogen (secondary N) is 1. The molecule has 0 saturated heterocycles. The molecule has 108 valence electrons. The normalized spacial score (nSPS) is 12.4. The number of para-hydroxylation sites is 2. The number of thiophene rings is 1. The average molecular weight is 289 g/mol. The zero-order valence-electron chi connectivity index (χ0n) is 12.4. The summed E-state index contributed by atoms with van der Waals surface area (Å²) in [7, 11) is 0. The van der Waals surface area contributed by atoms with Crippen LogP contribution in [0.1, 0.15) is 38.1 Å². The molecule has 0 radical (unpaired) electrons. The van der Waals surface area contributed by atoms with E-state index in [1.807, 2.05) is 18.2 Å². The zero-order valence-corrected chi connectivity index (χ0v) is 13.2. The molecule has 0 spiro atoms. The quantitative estimate of drug-likeness (QED) is 0.742. The molecule has 1 unspecified atom stereocenters. The second-order valence-corrected chi connectivity index (χ2v) is 6.30. The van der Waals surface area contributed by atoms with E-state index in [1.165, 1.54) is 4.88 Å². The molecule has 0 bridgehead atoms. The van der Waals surface area contributed by atoms with Crippen LogP contribution in [0.2, 0.25) is 0 Å². The highest BCUT2D eigenvalue weighted by atomic mass is 32.1. The van der Waals surface area contributed by atoms with Gasteiger partial charge in [-0.05, 0) is 35.9 Å². The third-order valence-corrected chi connectivity index (χ3v) is 4.07. The van der Waals surface area contributed by atoms with Crippen LogP contribution in [0.5, 0.6) is 5.75 Å². The molecule has 20 heavy (non-hydrogen) atoms. The second-order valence-electron chi connectivity index (χ2n) is 5.32. The van der Waals surface area contributed by atoms with Gasteiger partial charge in [0.1, 0.15) is 5.75 Å². The van der Waals surface area contributed by atoms with Crippen molar-refractivity contribution in [2.45, 2.75) is 33.2 Å². The van der Waals surface area contributed by atoms with Crippen molar-refractivity contribution in [2.75, 3.05) is 11.9 Å². The van der Waals surface area contributed by atoms with E-state index in [4.69, 9.17) is 4.74 Å². The van der Waals surface area contributed by atoms with Crippen molar-refractivity contribution in [2.24, 2.45) is 5.92 Å². The van der Waals surface area contributed by atoms with Crippen LogP contribution in [0.25, 0.3) is 0 Å². The van der Waals surface area contributed by atoms with Crippen LogP contribution in [-0.4, -0.2) is 6.61 Å². The summed E-state index contributed by atoms with van der Waals surface area (Å²) < 4.78 is 5.90. The predicted molar refractivity (Wildman–Crippen MR) is 87.7 cm³/mol. The molecule has 1 atom stereocenters. The summed E-state index contributed by atoms with van der Waals surface area (Å²) in [4.78, 5) is 1.37. The Kier molecular flexibility index (Phi) is 5.48. The van der Waals surface area contributed by atoms with Crippen molar-refractivity contribution in [1.82, 2.24) is 0 Å². The minimum absolute atomic E-state index is 0.346. The molecule has 0 aliphatic heterocycles. The summed E-state index contributed by atoms with van der Waals surface area (Å²) in [5.41, 5.74) is 1.08. The van der Waals surface area contributed by atoms with E-state index < -0.39 is 0 Å². The van der Waals surface area contributed by atoms with Gasteiger partial charge in [-0.3, -0.25) is 0 Å². The summed E-state index contributed by atoms with van der Waals surface area (Å²) >= 11 is 1.80. The lowest BCUT2D eigenvalue weighted by molar-refractivity contribution is 0.272. The number of hydrogen-bond acceptors (Lipinski definition) is 3. The van der Waals surface area contributed by atoms with Crippen LogP contribution in [-0.2, 0) is 0 Å². The van der Waals surface area contributed by atoms with Crippen LogP contribution >= 0.6 is 11.3 Å². The van der Waals surface area contributed by atoms with Crippen LogP contribution in [0.4, 0.5) is 5.69 Å². The van der Waals surface area contributed by atoms with E-state index in [0.717, 1.165) is 24.5 Å². The third kappa shape index (κ3) is 4.01. The Morgan fingerprint density at radius 2 is 1.95 bits per heavy atom. The van der Waals surface area contributed by atoms with Gasteiger partial charge < -0.3 is 10.1 Å². The van der Waals surface area contributed by atoms with Crippen molar-refractivity contribution in [3.63, 3.8) is 0 Å². The van der Waals surface area contributed by atoms with Gasteiger partial charge in [0.25, 0.3) is 0 Å². The van der Waals surface area contributed by atoms with Gasteiger partial charge >= 0.3 is 0 Å². The maximum Gasteiger partial charge on any atom is 0.142 e. The molecule has 0 fully saturated rings. The van der Waals surface area contributed by atoms with Gasteiger partial charge in [0, 0.05) is 4.88 Å². The fourth-order valence-electron chi connectivity index (χ4n) is 2.02. The highest BCUT2D eigenvalue weighted by Crippen LogP contribution is 2.31. The Bertz CT molecular complexity index is 507. The molecule has 0 aliphatic rings. The first-order chi connectivity index (χ1) is 9.70. The SMILES string of the molecule is CCC(Nc1ccccc1OCC(C)C)c1cccs1. The highest BCUT2D eigenvalue weighted by molar-refractivity contribution is 7.10. The average Bonchev–Trinajstić information content (AvgIpc) is 2.97. The molecular formula is C17H23NOS.